The van der Waals surface area contributed by atoms with Crippen LogP contribution in [0.3, 0.4) is 0 Å². The smallest absolute Gasteiger partial charge is 0.326 e. The normalized spacial score (nSPS) is 16.9. The molecule has 1 saturated carbocycles. The fourth-order valence-electron chi connectivity index (χ4n) is 1.43. The SMILES string of the molecule is COc1cnc(C2CC2)nc1C(N)C(=O)O. The van der Waals surface area contributed by atoms with E-state index in [9.17, 15) is 4.79 Å². The lowest BCUT2D eigenvalue weighted by atomic mass is 10.2. The van der Waals surface area contributed by atoms with E-state index in [0.29, 0.717) is 17.5 Å². The highest BCUT2D eigenvalue weighted by Gasteiger charge is 2.29. The van der Waals surface area contributed by atoms with Gasteiger partial charge in [0, 0.05) is 5.92 Å². The number of hydrogen-bond donors (Lipinski definition) is 2. The molecule has 3 N–H and O–H groups in total. The first-order chi connectivity index (χ1) is 7.63. The minimum Gasteiger partial charge on any atom is -0.493 e. The number of aromatic nitrogens is 2. The summed E-state index contributed by atoms with van der Waals surface area (Å²) >= 11 is 0. The predicted molar refractivity (Wildman–Crippen MR) is 55.1 cm³/mol. The van der Waals surface area contributed by atoms with E-state index in [1.54, 1.807) is 0 Å². The molecular formula is C10H13N3O3. The van der Waals surface area contributed by atoms with Crippen LogP contribution in [0.5, 0.6) is 5.75 Å². The van der Waals surface area contributed by atoms with Gasteiger partial charge in [0.2, 0.25) is 0 Å². The Bertz CT molecular complexity index is 418. The average molecular weight is 223 g/mol. The quantitative estimate of drug-likeness (QED) is 0.768. The third-order valence-corrected chi connectivity index (χ3v) is 2.52. The molecule has 1 atom stereocenters. The third kappa shape index (κ3) is 1.96. The molecule has 86 valence electrons. The maximum atomic E-state index is 10.8. The Labute approximate surface area is 92.5 Å². The molecule has 1 aliphatic carbocycles. The van der Waals surface area contributed by atoms with Gasteiger partial charge in [-0.05, 0) is 12.8 Å². The summed E-state index contributed by atoms with van der Waals surface area (Å²) in [6, 6.07) is -1.17. The molecule has 6 heteroatoms. The number of carboxylic acid groups (broad SMARTS) is 1. The van der Waals surface area contributed by atoms with E-state index in [0.717, 1.165) is 12.8 Å². The van der Waals surface area contributed by atoms with Crippen molar-refractivity contribution in [3.05, 3.63) is 17.7 Å². The van der Waals surface area contributed by atoms with Gasteiger partial charge in [0.25, 0.3) is 0 Å². The number of rotatable bonds is 4. The standard InChI is InChI=1S/C10H13N3O3/c1-16-6-4-12-9(5-2-3-5)13-8(6)7(11)10(14)15/h4-5,7H,2-3,11H2,1H3,(H,14,15). The number of ether oxygens (including phenoxy) is 1. The Hall–Kier alpha value is -1.69. The van der Waals surface area contributed by atoms with Gasteiger partial charge in [-0.3, -0.25) is 4.79 Å². The van der Waals surface area contributed by atoms with Gasteiger partial charge in [-0.2, -0.15) is 0 Å². The summed E-state index contributed by atoms with van der Waals surface area (Å²) in [4.78, 5) is 19.1. The minimum atomic E-state index is -1.17. The lowest BCUT2D eigenvalue weighted by molar-refractivity contribution is -0.138. The zero-order chi connectivity index (χ0) is 11.7. The van der Waals surface area contributed by atoms with Crippen molar-refractivity contribution < 1.29 is 14.6 Å². The van der Waals surface area contributed by atoms with Gasteiger partial charge in [0.1, 0.15) is 17.6 Å². The van der Waals surface area contributed by atoms with E-state index in [4.69, 9.17) is 15.6 Å². The first-order valence-corrected chi connectivity index (χ1v) is 5.02. The molecule has 1 aliphatic rings. The molecule has 0 radical (unpaired) electrons. The highest BCUT2D eigenvalue weighted by molar-refractivity contribution is 5.75. The Kier molecular flexibility index (Phi) is 2.74. The molecule has 0 spiro atoms. The molecule has 1 unspecified atom stereocenters. The van der Waals surface area contributed by atoms with Crippen LogP contribution in [-0.2, 0) is 4.79 Å². The van der Waals surface area contributed by atoms with E-state index in [1.165, 1.54) is 13.3 Å². The van der Waals surface area contributed by atoms with Crippen LogP contribution in [0.2, 0.25) is 0 Å². The third-order valence-electron chi connectivity index (χ3n) is 2.52. The molecule has 16 heavy (non-hydrogen) atoms. The number of carbonyl (C=O) groups is 1. The molecule has 1 fully saturated rings. The summed E-state index contributed by atoms with van der Waals surface area (Å²) in [5.74, 6) is 0.205. The second kappa shape index (κ2) is 4.05. The number of hydrogen-bond acceptors (Lipinski definition) is 5. The van der Waals surface area contributed by atoms with Crippen LogP contribution < -0.4 is 10.5 Å². The van der Waals surface area contributed by atoms with Gasteiger partial charge in [-0.25, -0.2) is 9.97 Å². The summed E-state index contributed by atoms with van der Waals surface area (Å²) in [7, 11) is 1.44. The van der Waals surface area contributed by atoms with E-state index in [1.807, 2.05) is 0 Å². The van der Waals surface area contributed by atoms with Crippen molar-refractivity contribution in [2.24, 2.45) is 5.73 Å². The van der Waals surface area contributed by atoms with Crippen LogP contribution in [0.25, 0.3) is 0 Å². The largest absolute Gasteiger partial charge is 0.493 e. The first kappa shape index (κ1) is 10.8. The first-order valence-electron chi connectivity index (χ1n) is 5.02. The number of nitrogens with zero attached hydrogens (tertiary/aromatic N) is 2. The summed E-state index contributed by atoms with van der Waals surface area (Å²) in [5.41, 5.74) is 5.78. The van der Waals surface area contributed by atoms with Crippen molar-refractivity contribution in [1.29, 1.82) is 0 Å². The highest BCUT2D eigenvalue weighted by Crippen LogP contribution is 2.38. The zero-order valence-corrected chi connectivity index (χ0v) is 8.88. The van der Waals surface area contributed by atoms with Gasteiger partial charge in [-0.1, -0.05) is 0 Å². The molecule has 1 aromatic rings. The van der Waals surface area contributed by atoms with E-state index in [-0.39, 0.29) is 5.69 Å². The van der Waals surface area contributed by atoms with Crippen LogP contribution in [0.15, 0.2) is 6.20 Å². The molecular weight excluding hydrogens is 210 g/mol. The zero-order valence-electron chi connectivity index (χ0n) is 8.88. The second-order valence-electron chi connectivity index (χ2n) is 3.77. The average Bonchev–Trinajstić information content (AvgIpc) is 3.11. The molecule has 0 amide bonds. The van der Waals surface area contributed by atoms with Gasteiger partial charge in [-0.15, -0.1) is 0 Å². The second-order valence-corrected chi connectivity index (χ2v) is 3.77. The van der Waals surface area contributed by atoms with Gasteiger partial charge >= 0.3 is 5.97 Å². The summed E-state index contributed by atoms with van der Waals surface area (Å²) in [6.07, 6.45) is 3.58. The van der Waals surface area contributed by atoms with Crippen LogP contribution in [-0.4, -0.2) is 28.2 Å². The lowest BCUT2D eigenvalue weighted by Crippen LogP contribution is -2.23. The molecule has 1 heterocycles. The maximum Gasteiger partial charge on any atom is 0.326 e. The van der Waals surface area contributed by atoms with Crippen molar-refractivity contribution >= 4 is 5.97 Å². The monoisotopic (exact) mass is 223 g/mol. The Balaban J connectivity index is 2.38. The Morgan fingerprint density at radius 3 is 2.88 bits per heavy atom. The predicted octanol–water partition coefficient (Wildman–Crippen LogP) is 0.447. The lowest BCUT2D eigenvalue weighted by Gasteiger charge is -2.11. The number of carboxylic acids is 1. The number of aliphatic carboxylic acids is 1. The van der Waals surface area contributed by atoms with Gasteiger partial charge in [0.15, 0.2) is 5.75 Å². The van der Waals surface area contributed by atoms with E-state index in [2.05, 4.69) is 9.97 Å². The van der Waals surface area contributed by atoms with E-state index < -0.39 is 12.0 Å². The summed E-state index contributed by atoms with van der Waals surface area (Å²) in [6.45, 7) is 0. The molecule has 0 saturated heterocycles. The van der Waals surface area contributed by atoms with Crippen LogP contribution >= 0.6 is 0 Å². The molecule has 2 rings (SSSR count). The number of methoxy groups -OCH3 is 1. The summed E-state index contributed by atoms with van der Waals surface area (Å²) in [5, 5.41) is 8.86. The Morgan fingerprint density at radius 1 is 1.69 bits per heavy atom. The van der Waals surface area contributed by atoms with Crippen molar-refractivity contribution in [1.82, 2.24) is 9.97 Å². The Morgan fingerprint density at radius 2 is 2.38 bits per heavy atom. The number of nitrogens with two attached hydrogens (primary N) is 1. The van der Waals surface area contributed by atoms with Crippen LogP contribution in [0.4, 0.5) is 0 Å². The molecule has 1 aromatic heterocycles. The topological polar surface area (TPSA) is 98.3 Å². The minimum absolute atomic E-state index is 0.243. The van der Waals surface area contributed by atoms with Crippen LogP contribution in [0.1, 0.15) is 36.3 Å². The molecule has 0 aliphatic heterocycles. The molecule has 0 bridgehead atoms. The van der Waals surface area contributed by atoms with E-state index >= 15 is 0 Å². The van der Waals surface area contributed by atoms with Gasteiger partial charge in [0.05, 0.1) is 13.3 Å². The van der Waals surface area contributed by atoms with Crippen molar-refractivity contribution in [3.8, 4) is 5.75 Å². The van der Waals surface area contributed by atoms with Crippen LogP contribution in [0, 0.1) is 0 Å². The highest BCUT2D eigenvalue weighted by atomic mass is 16.5. The molecule has 0 aromatic carbocycles. The van der Waals surface area contributed by atoms with Gasteiger partial charge < -0.3 is 15.6 Å². The van der Waals surface area contributed by atoms with Crippen molar-refractivity contribution in [2.45, 2.75) is 24.8 Å². The van der Waals surface area contributed by atoms with Crippen molar-refractivity contribution in [2.75, 3.05) is 7.11 Å². The molecule has 6 nitrogen and oxygen atoms in total. The fraction of sp³-hybridized carbons (Fsp3) is 0.500. The fourth-order valence-corrected chi connectivity index (χ4v) is 1.43. The maximum absolute atomic E-state index is 10.8. The summed E-state index contributed by atoms with van der Waals surface area (Å²) < 4.78 is 5.00. The van der Waals surface area contributed by atoms with Crippen molar-refractivity contribution in [3.63, 3.8) is 0 Å².